The summed E-state index contributed by atoms with van der Waals surface area (Å²) in [6.07, 6.45) is 7.67. The molecular weight excluding hydrogens is 260 g/mol. The van der Waals surface area contributed by atoms with Gasteiger partial charge in [0.25, 0.3) is 0 Å². The zero-order valence-electron chi connectivity index (χ0n) is 14.0. The number of likely N-dealkylation sites (tertiary alicyclic amines) is 2. The van der Waals surface area contributed by atoms with Crippen LogP contribution in [-0.4, -0.2) is 59.8 Å². The predicted octanol–water partition coefficient (Wildman–Crippen LogP) is 2.59. The van der Waals surface area contributed by atoms with Gasteiger partial charge in [0.15, 0.2) is 0 Å². The van der Waals surface area contributed by atoms with Gasteiger partial charge in [0, 0.05) is 12.6 Å². The molecule has 0 aromatic rings. The number of hydrogen-bond acceptors (Lipinski definition) is 3. The van der Waals surface area contributed by atoms with Crippen LogP contribution in [0.1, 0.15) is 52.4 Å². The maximum Gasteiger partial charge on any atom is 0.0700 e. The maximum absolute atomic E-state index is 10.5. The molecule has 2 aliphatic heterocycles. The third-order valence-corrected chi connectivity index (χ3v) is 6.18. The van der Waals surface area contributed by atoms with Gasteiger partial charge in [-0.1, -0.05) is 13.8 Å². The molecule has 21 heavy (non-hydrogen) atoms. The van der Waals surface area contributed by atoms with Crippen molar-refractivity contribution in [1.82, 2.24) is 9.80 Å². The number of rotatable bonds is 3. The predicted molar refractivity (Wildman–Crippen MR) is 87.3 cm³/mol. The molecule has 1 saturated carbocycles. The summed E-state index contributed by atoms with van der Waals surface area (Å²) in [5, 5.41) is 10.5. The standard InChI is InChI=1S/C18H34N2O/c1-14-11-15(2)18(17(21)12-14)20-9-5-16(6-10-20)13-19-7-3-4-8-19/h14-18,21H,3-13H2,1-2H3. The van der Waals surface area contributed by atoms with Crippen LogP contribution in [0.4, 0.5) is 0 Å². The highest BCUT2D eigenvalue weighted by Gasteiger charge is 2.38. The second-order valence-electron chi connectivity index (χ2n) is 8.10. The van der Waals surface area contributed by atoms with Crippen molar-refractivity contribution in [3.8, 4) is 0 Å². The van der Waals surface area contributed by atoms with Crippen LogP contribution >= 0.6 is 0 Å². The Labute approximate surface area is 130 Å². The summed E-state index contributed by atoms with van der Waals surface area (Å²) >= 11 is 0. The summed E-state index contributed by atoms with van der Waals surface area (Å²) in [5.74, 6) is 2.24. The first-order chi connectivity index (χ1) is 10.1. The van der Waals surface area contributed by atoms with E-state index in [-0.39, 0.29) is 6.10 Å². The molecule has 0 bridgehead atoms. The van der Waals surface area contributed by atoms with Crippen LogP contribution in [0.2, 0.25) is 0 Å². The fourth-order valence-corrected chi connectivity index (χ4v) is 5.17. The monoisotopic (exact) mass is 294 g/mol. The third-order valence-electron chi connectivity index (χ3n) is 6.18. The Balaban J connectivity index is 1.48. The van der Waals surface area contributed by atoms with Gasteiger partial charge in [-0.05, 0) is 82.5 Å². The summed E-state index contributed by atoms with van der Waals surface area (Å²) in [6, 6.07) is 0.425. The molecule has 4 unspecified atom stereocenters. The van der Waals surface area contributed by atoms with Crippen molar-refractivity contribution < 1.29 is 5.11 Å². The number of piperidine rings is 1. The molecule has 3 nitrogen and oxygen atoms in total. The number of aliphatic hydroxyl groups excluding tert-OH is 1. The van der Waals surface area contributed by atoms with Gasteiger partial charge in [-0.3, -0.25) is 4.90 Å². The molecular formula is C18H34N2O. The molecule has 122 valence electrons. The molecule has 1 N–H and O–H groups in total. The Hall–Kier alpha value is -0.120. The minimum Gasteiger partial charge on any atom is -0.391 e. The van der Waals surface area contributed by atoms with Crippen LogP contribution in [0.3, 0.4) is 0 Å². The lowest BCUT2D eigenvalue weighted by Crippen LogP contribution is -2.54. The van der Waals surface area contributed by atoms with Crippen LogP contribution in [0.5, 0.6) is 0 Å². The topological polar surface area (TPSA) is 26.7 Å². The molecule has 4 atom stereocenters. The van der Waals surface area contributed by atoms with Crippen molar-refractivity contribution in [1.29, 1.82) is 0 Å². The summed E-state index contributed by atoms with van der Waals surface area (Å²) in [4.78, 5) is 5.28. The minimum absolute atomic E-state index is 0.0983. The second kappa shape index (κ2) is 6.97. The fourth-order valence-electron chi connectivity index (χ4n) is 5.17. The van der Waals surface area contributed by atoms with E-state index < -0.39 is 0 Å². The Kier molecular flexibility index (Phi) is 5.23. The van der Waals surface area contributed by atoms with E-state index in [2.05, 4.69) is 23.6 Å². The number of hydrogen-bond donors (Lipinski definition) is 1. The summed E-state index contributed by atoms with van der Waals surface area (Å²) < 4.78 is 0. The van der Waals surface area contributed by atoms with E-state index in [0.717, 1.165) is 12.3 Å². The first kappa shape index (κ1) is 15.8. The van der Waals surface area contributed by atoms with Crippen molar-refractivity contribution >= 4 is 0 Å². The molecule has 1 aliphatic carbocycles. The first-order valence-electron chi connectivity index (χ1n) is 9.28. The van der Waals surface area contributed by atoms with Crippen molar-refractivity contribution in [3.05, 3.63) is 0 Å². The third kappa shape index (κ3) is 3.80. The van der Waals surface area contributed by atoms with Gasteiger partial charge < -0.3 is 10.0 Å². The number of nitrogens with zero attached hydrogens (tertiary/aromatic N) is 2. The van der Waals surface area contributed by atoms with Gasteiger partial charge in [-0.2, -0.15) is 0 Å². The Bertz CT molecular complexity index is 309. The van der Waals surface area contributed by atoms with E-state index in [9.17, 15) is 5.11 Å². The lowest BCUT2D eigenvalue weighted by atomic mass is 9.76. The molecule has 2 heterocycles. The summed E-state index contributed by atoms with van der Waals surface area (Å²) in [7, 11) is 0. The average molecular weight is 294 g/mol. The van der Waals surface area contributed by atoms with Gasteiger partial charge in [0.05, 0.1) is 6.10 Å². The Morgan fingerprint density at radius 3 is 2.24 bits per heavy atom. The molecule has 0 aromatic heterocycles. The van der Waals surface area contributed by atoms with Crippen LogP contribution in [0.25, 0.3) is 0 Å². The SMILES string of the molecule is CC1CC(C)C(N2CCC(CN3CCCC3)CC2)C(O)C1. The smallest absolute Gasteiger partial charge is 0.0700 e. The normalized spacial score (nSPS) is 40.7. The van der Waals surface area contributed by atoms with E-state index in [1.165, 1.54) is 64.8 Å². The molecule has 3 fully saturated rings. The highest BCUT2D eigenvalue weighted by Crippen LogP contribution is 2.34. The van der Waals surface area contributed by atoms with Crippen molar-refractivity contribution in [2.75, 3.05) is 32.7 Å². The highest BCUT2D eigenvalue weighted by atomic mass is 16.3. The molecule has 2 saturated heterocycles. The molecule has 3 aliphatic rings. The quantitative estimate of drug-likeness (QED) is 0.867. The van der Waals surface area contributed by atoms with Crippen LogP contribution in [0.15, 0.2) is 0 Å². The van der Waals surface area contributed by atoms with Gasteiger partial charge in [-0.25, -0.2) is 0 Å². The summed E-state index contributed by atoms with van der Waals surface area (Å²) in [6.45, 7) is 11.0. The van der Waals surface area contributed by atoms with E-state index in [1.807, 2.05) is 0 Å². The zero-order chi connectivity index (χ0) is 14.8. The lowest BCUT2D eigenvalue weighted by molar-refractivity contribution is -0.0375. The molecule has 0 aromatic carbocycles. The molecule has 0 spiro atoms. The van der Waals surface area contributed by atoms with Crippen LogP contribution in [-0.2, 0) is 0 Å². The minimum atomic E-state index is -0.0983. The number of aliphatic hydroxyl groups is 1. The fraction of sp³-hybridized carbons (Fsp3) is 1.00. The largest absolute Gasteiger partial charge is 0.391 e. The van der Waals surface area contributed by atoms with Crippen LogP contribution < -0.4 is 0 Å². The van der Waals surface area contributed by atoms with Crippen molar-refractivity contribution in [3.63, 3.8) is 0 Å². The van der Waals surface area contributed by atoms with Crippen molar-refractivity contribution in [2.24, 2.45) is 17.8 Å². The zero-order valence-corrected chi connectivity index (χ0v) is 14.0. The van der Waals surface area contributed by atoms with E-state index in [1.54, 1.807) is 0 Å². The molecule has 3 heteroatoms. The van der Waals surface area contributed by atoms with Crippen LogP contribution in [0, 0.1) is 17.8 Å². The lowest BCUT2D eigenvalue weighted by Gasteiger charge is -2.46. The molecule has 3 rings (SSSR count). The van der Waals surface area contributed by atoms with Crippen molar-refractivity contribution in [2.45, 2.75) is 64.5 Å². The second-order valence-corrected chi connectivity index (χ2v) is 8.10. The highest BCUT2D eigenvalue weighted by molar-refractivity contribution is 4.91. The molecule has 0 amide bonds. The average Bonchev–Trinajstić information content (AvgIpc) is 2.92. The summed E-state index contributed by atoms with van der Waals surface area (Å²) in [5.41, 5.74) is 0. The maximum atomic E-state index is 10.5. The molecule has 0 radical (unpaired) electrons. The van der Waals surface area contributed by atoms with E-state index >= 15 is 0 Å². The van der Waals surface area contributed by atoms with E-state index in [0.29, 0.717) is 17.9 Å². The van der Waals surface area contributed by atoms with Gasteiger partial charge >= 0.3 is 0 Å². The Morgan fingerprint density at radius 2 is 1.62 bits per heavy atom. The van der Waals surface area contributed by atoms with Gasteiger partial charge in [-0.15, -0.1) is 0 Å². The first-order valence-corrected chi connectivity index (χ1v) is 9.28. The van der Waals surface area contributed by atoms with Gasteiger partial charge in [0.1, 0.15) is 0 Å². The van der Waals surface area contributed by atoms with E-state index in [4.69, 9.17) is 0 Å². The Morgan fingerprint density at radius 1 is 0.952 bits per heavy atom. The van der Waals surface area contributed by atoms with Gasteiger partial charge in [0.2, 0.25) is 0 Å².